The average molecular weight is 270 g/mol. The predicted octanol–water partition coefficient (Wildman–Crippen LogP) is 2.22. The second-order valence-corrected chi connectivity index (χ2v) is 5.58. The van der Waals surface area contributed by atoms with Gasteiger partial charge in [-0.15, -0.1) is 11.3 Å². The Morgan fingerprint density at radius 3 is 2.61 bits per heavy atom. The van der Waals surface area contributed by atoms with Crippen molar-refractivity contribution in [1.82, 2.24) is 9.80 Å². The summed E-state index contributed by atoms with van der Waals surface area (Å²) in [6.07, 6.45) is 1.08. The number of hydrogen-bond donors (Lipinski definition) is 1. The van der Waals surface area contributed by atoms with Crippen LogP contribution in [0.5, 0.6) is 0 Å². The summed E-state index contributed by atoms with van der Waals surface area (Å²) in [6, 6.07) is 1.92. The van der Waals surface area contributed by atoms with E-state index in [4.69, 9.17) is 5.11 Å². The zero-order valence-electron chi connectivity index (χ0n) is 11.3. The topological polar surface area (TPSA) is 43.8 Å². The van der Waals surface area contributed by atoms with Crippen LogP contribution in [-0.4, -0.2) is 54.6 Å². The van der Waals surface area contributed by atoms with E-state index in [-0.39, 0.29) is 0 Å². The van der Waals surface area contributed by atoms with Crippen molar-refractivity contribution in [1.29, 1.82) is 0 Å². The first-order valence-electron chi connectivity index (χ1n) is 6.21. The number of hydrogen-bond acceptors (Lipinski definition) is 4. The second kappa shape index (κ2) is 7.51. The van der Waals surface area contributed by atoms with Gasteiger partial charge in [0.05, 0.1) is 0 Å². The smallest absolute Gasteiger partial charge is 0.346 e. The molecule has 0 spiro atoms. The first-order valence-corrected chi connectivity index (χ1v) is 7.09. The molecule has 0 amide bonds. The number of thiophene rings is 1. The quantitative estimate of drug-likeness (QED) is 0.786. The van der Waals surface area contributed by atoms with Crippen molar-refractivity contribution < 1.29 is 9.90 Å². The van der Waals surface area contributed by atoms with E-state index >= 15 is 0 Å². The molecule has 0 bridgehead atoms. The summed E-state index contributed by atoms with van der Waals surface area (Å²) < 4.78 is 0. The largest absolute Gasteiger partial charge is 0.477 e. The van der Waals surface area contributed by atoms with Gasteiger partial charge in [-0.3, -0.25) is 4.90 Å². The van der Waals surface area contributed by atoms with Crippen LogP contribution in [-0.2, 0) is 6.54 Å². The van der Waals surface area contributed by atoms with Gasteiger partial charge in [0.25, 0.3) is 0 Å². The molecule has 0 aliphatic heterocycles. The second-order valence-electron chi connectivity index (χ2n) is 4.66. The van der Waals surface area contributed by atoms with Gasteiger partial charge < -0.3 is 10.0 Å². The minimum absolute atomic E-state index is 0.473. The standard InChI is InChI=1S/C13H22N2O2S/c1-4-6-15(8-7-14(2)3)10-11-5-9-18-12(11)13(16)17/h5,9H,4,6-8,10H2,1-3H3,(H,16,17). The van der Waals surface area contributed by atoms with Crippen molar-refractivity contribution in [2.24, 2.45) is 0 Å². The van der Waals surface area contributed by atoms with Gasteiger partial charge in [0.15, 0.2) is 0 Å². The van der Waals surface area contributed by atoms with Crippen molar-refractivity contribution in [3.63, 3.8) is 0 Å². The van der Waals surface area contributed by atoms with Crippen molar-refractivity contribution >= 4 is 17.3 Å². The van der Waals surface area contributed by atoms with Crippen LogP contribution in [0.25, 0.3) is 0 Å². The van der Waals surface area contributed by atoms with Crippen LogP contribution >= 0.6 is 11.3 Å². The average Bonchev–Trinajstić information content (AvgIpc) is 2.74. The Bertz CT molecular complexity index is 377. The lowest BCUT2D eigenvalue weighted by molar-refractivity contribution is 0.0700. The van der Waals surface area contributed by atoms with Crippen LogP contribution in [0.1, 0.15) is 28.6 Å². The molecular formula is C13H22N2O2S. The minimum Gasteiger partial charge on any atom is -0.477 e. The first kappa shape index (κ1) is 15.1. The molecule has 0 aliphatic rings. The fourth-order valence-corrected chi connectivity index (χ4v) is 2.57. The summed E-state index contributed by atoms with van der Waals surface area (Å²) in [4.78, 5) is 16.0. The van der Waals surface area contributed by atoms with Gasteiger partial charge in [-0.1, -0.05) is 6.92 Å². The van der Waals surface area contributed by atoms with Gasteiger partial charge in [0.2, 0.25) is 0 Å². The molecule has 0 radical (unpaired) electrons. The molecule has 18 heavy (non-hydrogen) atoms. The van der Waals surface area contributed by atoms with Crippen molar-refractivity contribution in [2.75, 3.05) is 33.7 Å². The van der Waals surface area contributed by atoms with E-state index < -0.39 is 5.97 Å². The molecule has 0 saturated heterocycles. The lowest BCUT2D eigenvalue weighted by Gasteiger charge is -2.23. The minimum atomic E-state index is -0.816. The molecule has 102 valence electrons. The molecule has 1 heterocycles. The predicted molar refractivity (Wildman–Crippen MR) is 75.4 cm³/mol. The first-order chi connectivity index (χ1) is 8.54. The summed E-state index contributed by atoms with van der Waals surface area (Å²) in [6.45, 7) is 5.84. The summed E-state index contributed by atoms with van der Waals surface area (Å²) in [5, 5.41) is 11.0. The third kappa shape index (κ3) is 4.76. The van der Waals surface area contributed by atoms with Crippen molar-refractivity contribution in [2.45, 2.75) is 19.9 Å². The highest BCUT2D eigenvalue weighted by molar-refractivity contribution is 7.12. The highest BCUT2D eigenvalue weighted by Gasteiger charge is 2.14. The summed E-state index contributed by atoms with van der Waals surface area (Å²) >= 11 is 1.31. The molecule has 5 heteroatoms. The molecule has 0 fully saturated rings. The van der Waals surface area contributed by atoms with Crippen LogP contribution in [0.15, 0.2) is 11.4 Å². The van der Waals surface area contributed by atoms with E-state index in [9.17, 15) is 4.79 Å². The Kier molecular flexibility index (Phi) is 6.32. The zero-order chi connectivity index (χ0) is 13.5. The van der Waals surface area contributed by atoms with Crippen LogP contribution in [0.3, 0.4) is 0 Å². The molecule has 1 N–H and O–H groups in total. The molecule has 0 unspecified atom stereocenters. The number of carbonyl (C=O) groups is 1. The van der Waals surface area contributed by atoms with E-state index in [0.717, 1.165) is 38.2 Å². The Balaban J connectivity index is 2.64. The lowest BCUT2D eigenvalue weighted by atomic mass is 10.2. The number of carboxylic acids is 1. The monoisotopic (exact) mass is 270 g/mol. The normalized spacial score (nSPS) is 11.4. The van der Waals surface area contributed by atoms with Gasteiger partial charge in [-0.25, -0.2) is 4.79 Å². The van der Waals surface area contributed by atoms with E-state index in [1.807, 2.05) is 11.4 Å². The molecule has 0 saturated carbocycles. The van der Waals surface area contributed by atoms with Gasteiger partial charge in [0.1, 0.15) is 4.88 Å². The van der Waals surface area contributed by atoms with E-state index in [0.29, 0.717) is 4.88 Å². The van der Waals surface area contributed by atoms with E-state index in [1.165, 1.54) is 11.3 Å². The molecular weight excluding hydrogens is 248 g/mol. The number of nitrogens with zero attached hydrogens (tertiary/aromatic N) is 2. The molecule has 4 nitrogen and oxygen atoms in total. The Labute approximate surface area is 113 Å². The summed E-state index contributed by atoms with van der Waals surface area (Å²) in [5.41, 5.74) is 0.930. The number of aromatic carboxylic acids is 1. The summed E-state index contributed by atoms with van der Waals surface area (Å²) in [5.74, 6) is -0.816. The van der Waals surface area contributed by atoms with Gasteiger partial charge in [-0.05, 0) is 44.1 Å². The molecule has 0 atom stereocenters. The van der Waals surface area contributed by atoms with Gasteiger partial charge in [0, 0.05) is 19.6 Å². The molecule has 1 aromatic rings. The fraction of sp³-hybridized carbons (Fsp3) is 0.615. The van der Waals surface area contributed by atoms with E-state index in [2.05, 4.69) is 30.8 Å². The van der Waals surface area contributed by atoms with Gasteiger partial charge >= 0.3 is 5.97 Å². The third-order valence-electron chi connectivity index (χ3n) is 2.74. The Morgan fingerprint density at radius 1 is 1.33 bits per heavy atom. The maximum atomic E-state index is 11.1. The molecule has 1 aromatic heterocycles. The Hall–Kier alpha value is -0.910. The highest BCUT2D eigenvalue weighted by Crippen LogP contribution is 2.18. The zero-order valence-corrected chi connectivity index (χ0v) is 12.2. The van der Waals surface area contributed by atoms with Crippen LogP contribution < -0.4 is 0 Å². The van der Waals surface area contributed by atoms with E-state index in [1.54, 1.807) is 0 Å². The van der Waals surface area contributed by atoms with Crippen LogP contribution in [0, 0.1) is 0 Å². The molecule has 0 aliphatic carbocycles. The Morgan fingerprint density at radius 2 is 2.06 bits per heavy atom. The van der Waals surface area contributed by atoms with Crippen LogP contribution in [0.4, 0.5) is 0 Å². The number of rotatable bonds is 8. The lowest BCUT2D eigenvalue weighted by Crippen LogP contribution is -2.32. The SMILES string of the molecule is CCCN(CCN(C)C)Cc1ccsc1C(=O)O. The van der Waals surface area contributed by atoms with Crippen molar-refractivity contribution in [3.05, 3.63) is 21.9 Å². The van der Waals surface area contributed by atoms with Gasteiger partial charge in [-0.2, -0.15) is 0 Å². The number of likely N-dealkylation sites (N-methyl/N-ethyl adjacent to an activating group) is 1. The maximum absolute atomic E-state index is 11.1. The molecule has 0 aromatic carbocycles. The van der Waals surface area contributed by atoms with Crippen LogP contribution in [0.2, 0.25) is 0 Å². The summed E-state index contributed by atoms with van der Waals surface area (Å²) in [7, 11) is 4.11. The fourth-order valence-electron chi connectivity index (χ4n) is 1.82. The third-order valence-corrected chi connectivity index (χ3v) is 3.68. The van der Waals surface area contributed by atoms with Crippen molar-refractivity contribution in [3.8, 4) is 0 Å². The molecule has 1 rings (SSSR count). The maximum Gasteiger partial charge on any atom is 0.346 e. The number of carboxylic acid groups (broad SMARTS) is 1. The highest BCUT2D eigenvalue weighted by atomic mass is 32.1.